The van der Waals surface area contributed by atoms with E-state index < -0.39 is 7.12 Å². The number of Topliss-reactive ketones (excluding diaryl/α,β-unsaturated/α-hetero) is 1. The molecule has 148 valence electrons. The summed E-state index contributed by atoms with van der Waals surface area (Å²) in [5.41, 5.74) is 1.78. The van der Waals surface area contributed by atoms with E-state index in [4.69, 9.17) is 14.0 Å². The Morgan fingerprint density at radius 2 is 1.63 bits per heavy atom. The zero-order valence-electron chi connectivity index (χ0n) is 17.9. The molecule has 0 N–H and O–H groups in total. The Morgan fingerprint density at radius 1 is 1.04 bits per heavy atom. The molecule has 0 atom stereocenters. The molecule has 1 aromatic carbocycles. The molecule has 0 unspecified atom stereocenters. The van der Waals surface area contributed by atoms with E-state index in [2.05, 4.69) is 34.6 Å². The number of fused-ring (bicyclic) bond motifs is 1. The van der Waals surface area contributed by atoms with E-state index >= 15 is 0 Å². The van der Waals surface area contributed by atoms with E-state index in [0.717, 1.165) is 42.3 Å². The lowest BCUT2D eigenvalue weighted by atomic mass is 9.71. The number of ether oxygens (including phenoxy) is 1. The van der Waals surface area contributed by atoms with Gasteiger partial charge in [0.1, 0.15) is 11.4 Å². The van der Waals surface area contributed by atoms with Crippen molar-refractivity contribution < 1.29 is 18.8 Å². The molecule has 2 fully saturated rings. The minimum atomic E-state index is -0.428. The highest BCUT2D eigenvalue weighted by atomic mass is 16.7. The summed E-state index contributed by atoms with van der Waals surface area (Å²) in [6, 6.07) is 3.98. The molecule has 2 aliphatic heterocycles. The van der Waals surface area contributed by atoms with E-state index in [-0.39, 0.29) is 22.6 Å². The fourth-order valence-corrected chi connectivity index (χ4v) is 3.95. The summed E-state index contributed by atoms with van der Waals surface area (Å²) in [5, 5.41) is 0. The van der Waals surface area contributed by atoms with Crippen molar-refractivity contribution in [2.45, 2.75) is 97.4 Å². The van der Waals surface area contributed by atoms with Crippen molar-refractivity contribution in [2.24, 2.45) is 0 Å². The van der Waals surface area contributed by atoms with E-state index in [0.29, 0.717) is 12.2 Å². The molecule has 0 amide bonds. The number of benzene rings is 1. The summed E-state index contributed by atoms with van der Waals surface area (Å²) in [6.45, 7) is 14.3. The van der Waals surface area contributed by atoms with Crippen LogP contribution in [-0.2, 0) is 15.7 Å². The lowest BCUT2D eigenvalue weighted by Crippen LogP contribution is -2.48. The van der Waals surface area contributed by atoms with E-state index in [9.17, 15) is 4.79 Å². The predicted octanol–water partition coefficient (Wildman–Crippen LogP) is 4.46. The number of carbonyl (C=O) groups is 1. The molecule has 1 aromatic rings. The van der Waals surface area contributed by atoms with E-state index in [1.54, 1.807) is 0 Å². The van der Waals surface area contributed by atoms with Crippen LogP contribution in [0.25, 0.3) is 0 Å². The van der Waals surface area contributed by atoms with Gasteiger partial charge in [-0.05, 0) is 76.5 Å². The summed E-state index contributed by atoms with van der Waals surface area (Å²) in [5.74, 6) is 0.911. The van der Waals surface area contributed by atoms with Crippen LogP contribution < -0.4 is 10.2 Å². The van der Waals surface area contributed by atoms with Gasteiger partial charge in [-0.25, -0.2) is 0 Å². The number of carbonyl (C=O) groups excluding carboxylic acids is 1. The smallest absolute Gasteiger partial charge is 0.486 e. The van der Waals surface area contributed by atoms with Crippen LogP contribution in [0.5, 0.6) is 5.75 Å². The molecule has 1 saturated carbocycles. The van der Waals surface area contributed by atoms with Crippen LogP contribution in [0, 0.1) is 0 Å². The van der Waals surface area contributed by atoms with Gasteiger partial charge in [-0.2, -0.15) is 0 Å². The predicted molar refractivity (Wildman–Crippen MR) is 109 cm³/mol. The number of hydrogen-bond acceptors (Lipinski definition) is 4. The topological polar surface area (TPSA) is 44.8 Å². The lowest BCUT2D eigenvalue weighted by molar-refractivity contribution is -0.0177. The Labute approximate surface area is 164 Å². The van der Waals surface area contributed by atoms with E-state index in [1.807, 2.05) is 26.0 Å². The van der Waals surface area contributed by atoms with Crippen molar-refractivity contribution in [3.05, 3.63) is 23.3 Å². The van der Waals surface area contributed by atoms with Crippen LogP contribution >= 0.6 is 0 Å². The molecule has 0 aromatic heterocycles. The van der Waals surface area contributed by atoms with Crippen molar-refractivity contribution in [3.63, 3.8) is 0 Å². The quantitative estimate of drug-likeness (QED) is 0.719. The molecule has 0 radical (unpaired) electrons. The molecule has 2 heterocycles. The van der Waals surface area contributed by atoms with Crippen molar-refractivity contribution in [3.8, 4) is 5.75 Å². The summed E-state index contributed by atoms with van der Waals surface area (Å²) < 4.78 is 18.8. The molecular formula is C22H33BO4. The second-order valence-corrected chi connectivity index (χ2v) is 8.73. The number of rotatable bonds is 2. The largest absolute Gasteiger partial charge is 0.495 e. The van der Waals surface area contributed by atoms with Gasteiger partial charge in [-0.15, -0.1) is 0 Å². The maximum Gasteiger partial charge on any atom is 0.495 e. The van der Waals surface area contributed by atoms with Gasteiger partial charge in [-0.3, -0.25) is 4.79 Å². The fourth-order valence-electron chi connectivity index (χ4n) is 3.95. The van der Waals surface area contributed by atoms with Gasteiger partial charge in [0.2, 0.25) is 0 Å². The summed E-state index contributed by atoms with van der Waals surface area (Å²) >= 11 is 0. The third-order valence-electron chi connectivity index (χ3n) is 6.50. The van der Waals surface area contributed by atoms with Gasteiger partial charge >= 0.3 is 7.12 Å². The Hall–Kier alpha value is -1.33. The highest BCUT2D eigenvalue weighted by Crippen LogP contribution is 2.45. The van der Waals surface area contributed by atoms with Crippen LogP contribution in [-0.4, -0.2) is 29.7 Å². The second kappa shape index (κ2) is 6.93. The maximum atomic E-state index is 12.7. The van der Waals surface area contributed by atoms with Crippen LogP contribution in [0.3, 0.4) is 0 Å². The molecule has 3 aliphatic rings. The summed E-state index contributed by atoms with van der Waals surface area (Å²) in [7, 11) is -0.428. The highest BCUT2D eigenvalue weighted by molar-refractivity contribution is 6.62. The first kappa shape index (κ1) is 20.4. The average molecular weight is 372 g/mol. The van der Waals surface area contributed by atoms with Crippen LogP contribution in [0.4, 0.5) is 0 Å². The van der Waals surface area contributed by atoms with Crippen molar-refractivity contribution >= 4 is 18.4 Å². The Bertz CT molecular complexity index is 718. The Morgan fingerprint density at radius 3 is 2.11 bits per heavy atom. The number of ketones is 1. The van der Waals surface area contributed by atoms with Gasteiger partial charge in [0.05, 0.1) is 23.2 Å². The molecule has 27 heavy (non-hydrogen) atoms. The summed E-state index contributed by atoms with van der Waals surface area (Å²) in [6.07, 6.45) is 4.42. The maximum absolute atomic E-state index is 12.7. The third kappa shape index (κ3) is 3.34. The Kier molecular flexibility index (Phi) is 5.24. The second-order valence-electron chi connectivity index (χ2n) is 8.73. The minimum Gasteiger partial charge on any atom is -0.486 e. The fraction of sp³-hybridized carbons (Fsp3) is 0.682. The van der Waals surface area contributed by atoms with Crippen LogP contribution in [0.2, 0.25) is 0 Å². The average Bonchev–Trinajstić information content (AvgIpc) is 2.81. The summed E-state index contributed by atoms with van der Waals surface area (Å²) in [4.78, 5) is 12.7. The normalized spacial score (nSPS) is 23.8. The van der Waals surface area contributed by atoms with Gasteiger partial charge in [0.15, 0.2) is 5.78 Å². The standard InChI is InChI=1S/C20H27BO4.C2H6/c1-6-13-10-14-16(22)12-20(8-7-9-20)23-17(14)11-15(13)21-24-18(2,3)19(4,5)25-21;1-2/h10-11H,6-9,12H2,1-5H3;1-2H3. The zero-order chi connectivity index (χ0) is 20.0. The minimum absolute atomic E-state index is 0.205. The van der Waals surface area contributed by atoms with Gasteiger partial charge in [0.25, 0.3) is 0 Å². The highest BCUT2D eigenvalue weighted by Gasteiger charge is 2.53. The van der Waals surface area contributed by atoms with E-state index in [1.165, 1.54) is 0 Å². The monoisotopic (exact) mass is 372 g/mol. The molecule has 0 bridgehead atoms. The first-order chi connectivity index (χ1) is 12.7. The third-order valence-corrected chi connectivity index (χ3v) is 6.50. The van der Waals surface area contributed by atoms with Crippen LogP contribution in [0.1, 0.15) is 90.1 Å². The van der Waals surface area contributed by atoms with Crippen molar-refractivity contribution in [1.29, 1.82) is 0 Å². The molecule has 4 rings (SSSR count). The first-order valence-corrected chi connectivity index (χ1v) is 10.4. The molecule has 5 heteroatoms. The zero-order valence-corrected chi connectivity index (χ0v) is 17.9. The first-order valence-electron chi connectivity index (χ1n) is 10.4. The van der Waals surface area contributed by atoms with Crippen LogP contribution in [0.15, 0.2) is 12.1 Å². The van der Waals surface area contributed by atoms with Crippen molar-refractivity contribution in [2.75, 3.05) is 0 Å². The molecule has 4 nitrogen and oxygen atoms in total. The van der Waals surface area contributed by atoms with Crippen molar-refractivity contribution in [1.82, 2.24) is 0 Å². The molecule has 1 saturated heterocycles. The lowest BCUT2D eigenvalue weighted by Gasteiger charge is -2.44. The molecular weight excluding hydrogens is 339 g/mol. The van der Waals surface area contributed by atoms with Gasteiger partial charge in [-0.1, -0.05) is 20.8 Å². The van der Waals surface area contributed by atoms with Gasteiger partial charge in [0, 0.05) is 0 Å². The molecule has 1 spiro atoms. The number of aryl methyl sites for hydroxylation is 1. The molecule has 1 aliphatic carbocycles. The van der Waals surface area contributed by atoms with Gasteiger partial charge < -0.3 is 14.0 Å². The Balaban J connectivity index is 0.00000102. The number of hydrogen-bond donors (Lipinski definition) is 0. The SMILES string of the molecule is CC.CCc1cc2c(cc1B1OC(C)(C)C(C)(C)O1)OC1(CCC1)CC2=O.